The van der Waals surface area contributed by atoms with Crippen LogP contribution in [0.15, 0.2) is 48.7 Å². The van der Waals surface area contributed by atoms with Crippen LogP contribution in [0.1, 0.15) is 39.4 Å². The van der Waals surface area contributed by atoms with Gasteiger partial charge in [0.1, 0.15) is 40.6 Å². The van der Waals surface area contributed by atoms with E-state index < -0.39 is 58.8 Å². The van der Waals surface area contributed by atoms with Gasteiger partial charge in [-0.2, -0.15) is 0 Å². The van der Waals surface area contributed by atoms with Crippen molar-refractivity contribution in [1.29, 1.82) is 0 Å². The number of esters is 1. The molecule has 0 bridgehead atoms. The predicted octanol–water partition coefficient (Wildman–Crippen LogP) is 2.26. The fourth-order valence-corrected chi connectivity index (χ4v) is 4.99. The minimum Gasteiger partial charge on any atom is -0.508 e. The largest absolute Gasteiger partial charge is 0.508 e. The summed E-state index contributed by atoms with van der Waals surface area (Å²) in [6.45, 7) is 1.99. The molecule has 3 atom stereocenters. The number of phenolic OH excluding ortho intramolecular Hbond substituents is 6. The van der Waals surface area contributed by atoms with Gasteiger partial charge in [0.15, 0.2) is 29.5 Å². The molecule has 0 spiro atoms. The maximum absolute atomic E-state index is 14.1. The lowest BCUT2D eigenvalue weighted by molar-refractivity contribution is -0.116. The number of nitrogens with two attached hydrogens (primary N) is 1. The van der Waals surface area contributed by atoms with Crippen LogP contribution in [0, 0.1) is 5.82 Å². The van der Waals surface area contributed by atoms with Crippen LogP contribution in [0.5, 0.6) is 40.2 Å². The highest BCUT2D eigenvalue weighted by Gasteiger charge is 2.45. The summed E-state index contributed by atoms with van der Waals surface area (Å²) in [5.41, 5.74) is 5.25. The van der Waals surface area contributed by atoms with E-state index in [2.05, 4.69) is 10.3 Å². The maximum atomic E-state index is 14.1. The van der Waals surface area contributed by atoms with Crippen LogP contribution in [0.3, 0.4) is 0 Å². The van der Waals surface area contributed by atoms with Crippen LogP contribution in [0.25, 0.3) is 0 Å². The zero-order valence-corrected chi connectivity index (χ0v) is 25.2. The van der Waals surface area contributed by atoms with Crippen molar-refractivity contribution < 1.29 is 63.5 Å². The van der Waals surface area contributed by atoms with E-state index >= 15 is 0 Å². The first kappa shape index (κ1) is 34.0. The number of rotatable bonds is 14. The summed E-state index contributed by atoms with van der Waals surface area (Å²) >= 11 is 0. The molecule has 3 unspecified atom stereocenters. The van der Waals surface area contributed by atoms with E-state index in [1.54, 1.807) is 6.20 Å². The fourth-order valence-electron chi connectivity index (χ4n) is 4.99. The Balaban J connectivity index is 1.45. The van der Waals surface area contributed by atoms with Crippen LogP contribution in [-0.4, -0.2) is 90.7 Å². The highest BCUT2D eigenvalue weighted by molar-refractivity contribution is 5.90. The Morgan fingerprint density at radius 1 is 0.896 bits per heavy atom. The molecule has 48 heavy (non-hydrogen) atoms. The Bertz CT molecular complexity index is 1710. The SMILES string of the molecule is NCCOCCOCCn1cc(COC2c3c(O)cc(O)cc3OC(c3cc(O)c(O)c(O)c3)C2OC(=O)c2cc(O)cc(F)c2)nn1. The van der Waals surface area contributed by atoms with E-state index in [1.165, 1.54) is 10.7 Å². The lowest BCUT2D eigenvalue weighted by Crippen LogP contribution is -2.39. The molecule has 0 amide bonds. The summed E-state index contributed by atoms with van der Waals surface area (Å²) in [6, 6.07) is 6.84. The molecule has 0 radical (unpaired) electrons. The van der Waals surface area contributed by atoms with Gasteiger partial charge in [-0.3, -0.25) is 0 Å². The Morgan fingerprint density at radius 2 is 1.60 bits per heavy atom. The monoisotopic (exact) mass is 672 g/mol. The minimum absolute atomic E-state index is 0.0239. The zero-order valence-electron chi connectivity index (χ0n) is 25.2. The van der Waals surface area contributed by atoms with Gasteiger partial charge < -0.3 is 60.1 Å². The van der Waals surface area contributed by atoms with Crippen molar-refractivity contribution in [3.63, 3.8) is 0 Å². The average molecular weight is 673 g/mol. The first-order valence-corrected chi connectivity index (χ1v) is 14.6. The first-order valence-electron chi connectivity index (χ1n) is 14.6. The summed E-state index contributed by atoms with van der Waals surface area (Å²) in [4.78, 5) is 13.4. The van der Waals surface area contributed by atoms with Gasteiger partial charge in [-0.05, 0) is 24.3 Å². The second-order valence-electron chi connectivity index (χ2n) is 10.6. The summed E-state index contributed by atoms with van der Waals surface area (Å²) < 4.78 is 44.3. The Hall–Kier alpha value is -5.36. The second kappa shape index (κ2) is 15.0. The minimum atomic E-state index is -1.54. The quantitative estimate of drug-likeness (QED) is 0.0577. The van der Waals surface area contributed by atoms with Crippen molar-refractivity contribution in [1.82, 2.24) is 15.0 Å². The van der Waals surface area contributed by atoms with Gasteiger partial charge in [0, 0.05) is 30.3 Å². The number of carbonyl (C=O) groups is 1. The first-order chi connectivity index (χ1) is 23.0. The van der Waals surface area contributed by atoms with Crippen molar-refractivity contribution in [3.05, 3.63) is 76.9 Å². The zero-order chi connectivity index (χ0) is 34.4. The van der Waals surface area contributed by atoms with Crippen LogP contribution in [0.2, 0.25) is 0 Å². The van der Waals surface area contributed by atoms with Crippen LogP contribution in [0.4, 0.5) is 4.39 Å². The highest BCUT2D eigenvalue weighted by Crippen LogP contribution is 2.51. The topological polar surface area (TPSA) is 241 Å². The molecule has 3 aromatic carbocycles. The molecule has 0 saturated carbocycles. The standard InChI is InChI=1S/C31H33FN4O12/c32-18-7-17(8-20(37)11-18)31(43)48-30-28(16-9-23(40)27(42)24(41)10-16)47-25-13-21(38)12-22(39)26(25)29(30)46-15-19-14-36(35-34-19)2-4-45-6-5-44-3-1-33/h7-14,28-30,37-42H,1-6,15,33H2. The van der Waals surface area contributed by atoms with Gasteiger partial charge in [-0.1, -0.05) is 5.21 Å². The number of hydrogen-bond donors (Lipinski definition) is 7. The van der Waals surface area contributed by atoms with Gasteiger partial charge in [0.05, 0.1) is 56.9 Å². The lowest BCUT2D eigenvalue weighted by atomic mass is 9.90. The molecule has 8 N–H and O–H groups in total. The number of hydrogen-bond acceptors (Lipinski definition) is 15. The molecular formula is C31H33FN4O12. The summed E-state index contributed by atoms with van der Waals surface area (Å²) in [5, 5.41) is 69.6. The molecule has 256 valence electrons. The average Bonchev–Trinajstić information content (AvgIpc) is 3.49. The van der Waals surface area contributed by atoms with Gasteiger partial charge in [-0.25, -0.2) is 13.9 Å². The molecule has 16 nitrogen and oxygen atoms in total. The smallest absolute Gasteiger partial charge is 0.338 e. The molecule has 0 fully saturated rings. The fraction of sp³-hybridized carbons (Fsp3) is 0.323. The molecule has 2 heterocycles. The van der Waals surface area contributed by atoms with E-state index in [-0.39, 0.29) is 34.8 Å². The van der Waals surface area contributed by atoms with E-state index in [0.29, 0.717) is 45.2 Å². The summed E-state index contributed by atoms with van der Waals surface area (Å²) in [6.07, 6.45) is -2.77. The number of phenols is 6. The second-order valence-corrected chi connectivity index (χ2v) is 10.6. The number of aromatic hydroxyl groups is 6. The van der Waals surface area contributed by atoms with Crippen LogP contribution in [-0.2, 0) is 32.1 Å². The molecule has 1 aliphatic heterocycles. The van der Waals surface area contributed by atoms with Crippen LogP contribution >= 0.6 is 0 Å². The predicted molar refractivity (Wildman–Crippen MR) is 160 cm³/mol. The molecule has 4 aromatic rings. The highest BCUT2D eigenvalue weighted by atomic mass is 19.1. The van der Waals surface area contributed by atoms with E-state index in [1.807, 2.05) is 0 Å². The van der Waals surface area contributed by atoms with Crippen molar-refractivity contribution >= 4 is 5.97 Å². The van der Waals surface area contributed by atoms with E-state index in [4.69, 9.17) is 29.4 Å². The third-order valence-electron chi connectivity index (χ3n) is 7.12. The van der Waals surface area contributed by atoms with Crippen molar-refractivity contribution in [3.8, 4) is 40.2 Å². The number of nitrogens with zero attached hydrogens (tertiary/aromatic N) is 3. The number of ether oxygens (including phenoxy) is 5. The maximum Gasteiger partial charge on any atom is 0.338 e. The van der Waals surface area contributed by atoms with Crippen molar-refractivity contribution in [2.24, 2.45) is 5.73 Å². The number of aromatic nitrogens is 3. The summed E-state index contributed by atoms with van der Waals surface area (Å²) in [7, 11) is 0. The van der Waals surface area contributed by atoms with E-state index in [0.717, 1.165) is 36.4 Å². The molecule has 0 aliphatic carbocycles. The molecule has 1 aliphatic rings. The van der Waals surface area contributed by atoms with E-state index in [9.17, 15) is 39.8 Å². The molecular weight excluding hydrogens is 639 g/mol. The lowest BCUT2D eigenvalue weighted by Gasteiger charge is -2.39. The van der Waals surface area contributed by atoms with Gasteiger partial charge in [0.25, 0.3) is 0 Å². The normalized spacial score (nSPS) is 17.1. The molecule has 0 saturated heterocycles. The van der Waals surface area contributed by atoms with Gasteiger partial charge in [0.2, 0.25) is 0 Å². The third kappa shape index (κ3) is 7.95. The number of carbonyl (C=O) groups excluding carboxylic acids is 1. The molecule has 1 aromatic heterocycles. The van der Waals surface area contributed by atoms with Gasteiger partial charge in [-0.15, -0.1) is 5.10 Å². The van der Waals surface area contributed by atoms with Gasteiger partial charge >= 0.3 is 5.97 Å². The Labute approximate surface area is 271 Å². The number of halogens is 1. The summed E-state index contributed by atoms with van der Waals surface area (Å²) in [5.74, 6) is -5.90. The van der Waals surface area contributed by atoms with Crippen LogP contribution < -0.4 is 10.5 Å². The Morgan fingerprint density at radius 3 is 2.31 bits per heavy atom. The third-order valence-corrected chi connectivity index (χ3v) is 7.12. The molecule has 5 rings (SSSR count). The number of benzene rings is 3. The van der Waals surface area contributed by atoms with Crippen molar-refractivity contribution in [2.75, 3.05) is 33.0 Å². The Kier molecular flexibility index (Phi) is 10.6. The van der Waals surface area contributed by atoms with Crippen molar-refractivity contribution in [2.45, 2.75) is 31.5 Å². The molecule has 17 heteroatoms. The number of fused-ring (bicyclic) bond motifs is 1.